The van der Waals surface area contributed by atoms with Crippen molar-refractivity contribution < 1.29 is 14.2 Å². The second kappa shape index (κ2) is 10.2. The number of rotatable bonds is 13. The van der Waals surface area contributed by atoms with E-state index < -0.39 is 8.32 Å². The first-order valence-corrected chi connectivity index (χ1v) is 12.5. The van der Waals surface area contributed by atoms with E-state index in [0.717, 1.165) is 37.6 Å². The van der Waals surface area contributed by atoms with E-state index in [0.29, 0.717) is 12.0 Å². The standard InChI is InChI=1S/C19H40O3Si/c1-7-11-12-13-14-19(6,15-18-17(5)16-20-18)21-22-23(8-2,9-3)10-4/h17-18H,7-16H2,1-6H3. The Kier molecular flexibility index (Phi) is 9.35. The van der Waals surface area contributed by atoms with Crippen LogP contribution < -0.4 is 0 Å². The van der Waals surface area contributed by atoms with Gasteiger partial charge in [0.05, 0.1) is 12.7 Å². The number of hydrogen-bond donors (Lipinski definition) is 0. The lowest BCUT2D eigenvalue weighted by Gasteiger charge is -2.41. The summed E-state index contributed by atoms with van der Waals surface area (Å²) < 4.78 is 11.9. The van der Waals surface area contributed by atoms with Crippen LogP contribution in [0, 0.1) is 5.92 Å². The number of ether oxygens (including phenoxy) is 1. The molecule has 1 fully saturated rings. The lowest BCUT2D eigenvalue weighted by molar-refractivity contribution is -0.313. The van der Waals surface area contributed by atoms with E-state index >= 15 is 0 Å². The summed E-state index contributed by atoms with van der Waals surface area (Å²) in [5, 5.41) is 0. The van der Waals surface area contributed by atoms with Crippen molar-refractivity contribution >= 4 is 8.32 Å². The highest BCUT2D eigenvalue weighted by molar-refractivity contribution is 6.73. The van der Waals surface area contributed by atoms with Crippen LogP contribution in [0.25, 0.3) is 0 Å². The molecular formula is C19H40O3Si. The molecule has 1 aliphatic heterocycles. The minimum atomic E-state index is -1.70. The average Bonchev–Trinajstić information content (AvgIpc) is 2.57. The molecule has 1 heterocycles. The Morgan fingerprint density at radius 2 is 1.70 bits per heavy atom. The monoisotopic (exact) mass is 344 g/mol. The van der Waals surface area contributed by atoms with Gasteiger partial charge in [-0.15, -0.1) is 0 Å². The van der Waals surface area contributed by atoms with Gasteiger partial charge in [-0.05, 0) is 31.5 Å². The Bertz CT molecular complexity index is 311. The van der Waals surface area contributed by atoms with Crippen LogP contribution in [0.5, 0.6) is 0 Å². The van der Waals surface area contributed by atoms with Crippen molar-refractivity contribution in [3.63, 3.8) is 0 Å². The SMILES string of the molecule is CCCCCCC(C)(CC1OCC1C)OO[Si](CC)(CC)CC. The fourth-order valence-electron chi connectivity index (χ4n) is 3.33. The highest BCUT2D eigenvalue weighted by Crippen LogP contribution is 2.35. The van der Waals surface area contributed by atoms with Gasteiger partial charge in [-0.3, -0.25) is 4.58 Å². The molecule has 0 saturated carbocycles. The van der Waals surface area contributed by atoms with E-state index in [-0.39, 0.29) is 5.60 Å². The molecule has 0 aliphatic carbocycles. The molecule has 3 unspecified atom stereocenters. The zero-order valence-corrected chi connectivity index (χ0v) is 17.5. The summed E-state index contributed by atoms with van der Waals surface area (Å²) in [5.41, 5.74) is -0.204. The van der Waals surface area contributed by atoms with Crippen LogP contribution in [0.4, 0.5) is 0 Å². The molecule has 1 saturated heterocycles. The lowest BCUT2D eigenvalue weighted by Crippen LogP contribution is -2.47. The first-order chi connectivity index (χ1) is 10.9. The molecule has 4 heteroatoms. The van der Waals surface area contributed by atoms with Crippen molar-refractivity contribution in [2.75, 3.05) is 6.61 Å². The maximum absolute atomic E-state index is 6.19. The van der Waals surface area contributed by atoms with E-state index in [1.165, 1.54) is 25.7 Å². The lowest BCUT2D eigenvalue weighted by atomic mass is 9.85. The first kappa shape index (κ1) is 21.1. The van der Waals surface area contributed by atoms with Crippen molar-refractivity contribution in [1.29, 1.82) is 0 Å². The van der Waals surface area contributed by atoms with Gasteiger partial charge in [-0.25, -0.2) is 4.89 Å². The van der Waals surface area contributed by atoms with Crippen LogP contribution in [0.2, 0.25) is 18.1 Å². The van der Waals surface area contributed by atoms with Crippen LogP contribution in [0.15, 0.2) is 0 Å². The Balaban J connectivity index is 2.61. The van der Waals surface area contributed by atoms with Crippen molar-refractivity contribution in [3.05, 3.63) is 0 Å². The average molecular weight is 345 g/mol. The normalized spacial score (nSPS) is 24.3. The summed E-state index contributed by atoms with van der Waals surface area (Å²) in [5.74, 6) is 0.652. The molecule has 0 amide bonds. The highest BCUT2D eigenvalue weighted by Gasteiger charge is 2.40. The summed E-state index contributed by atoms with van der Waals surface area (Å²) in [6.07, 6.45) is 7.46. The third kappa shape index (κ3) is 6.49. The predicted octanol–water partition coefficient (Wildman–Crippen LogP) is 6.09. The number of hydrogen-bond acceptors (Lipinski definition) is 3. The minimum absolute atomic E-state index is 0.204. The molecule has 0 spiro atoms. The van der Waals surface area contributed by atoms with Crippen LogP contribution in [0.1, 0.15) is 80.1 Å². The molecule has 0 aromatic rings. The van der Waals surface area contributed by atoms with Gasteiger partial charge >= 0.3 is 0 Å². The molecule has 138 valence electrons. The second-order valence-corrected chi connectivity index (χ2v) is 12.4. The zero-order chi connectivity index (χ0) is 17.3. The van der Waals surface area contributed by atoms with Gasteiger partial charge in [0.25, 0.3) is 0 Å². The van der Waals surface area contributed by atoms with Gasteiger partial charge in [0.15, 0.2) is 0 Å². The largest absolute Gasteiger partial charge is 0.377 e. The minimum Gasteiger partial charge on any atom is -0.377 e. The quantitative estimate of drug-likeness (QED) is 0.175. The van der Waals surface area contributed by atoms with E-state index in [1.54, 1.807) is 0 Å². The molecule has 0 bridgehead atoms. The van der Waals surface area contributed by atoms with E-state index in [1.807, 2.05) is 0 Å². The van der Waals surface area contributed by atoms with Crippen molar-refractivity contribution in [1.82, 2.24) is 0 Å². The number of unbranched alkanes of at least 4 members (excludes halogenated alkanes) is 3. The second-order valence-electron chi connectivity index (χ2n) is 7.72. The van der Waals surface area contributed by atoms with Crippen molar-refractivity contribution in [3.8, 4) is 0 Å². The van der Waals surface area contributed by atoms with Crippen molar-refractivity contribution in [2.45, 2.75) is 110 Å². The Hall–Kier alpha value is 0.0969. The summed E-state index contributed by atoms with van der Waals surface area (Å²) in [6.45, 7) is 14.4. The van der Waals surface area contributed by atoms with Gasteiger partial charge in [0, 0.05) is 12.3 Å². The molecule has 1 rings (SSSR count). The molecule has 3 nitrogen and oxygen atoms in total. The third-order valence-corrected chi connectivity index (χ3v) is 10.1. The van der Waals surface area contributed by atoms with Crippen molar-refractivity contribution in [2.24, 2.45) is 5.92 Å². The van der Waals surface area contributed by atoms with E-state index in [4.69, 9.17) is 14.2 Å². The molecule has 0 aromatic heterocycles. The topological polar surface area (TPSA) is 27.7 Å². The van der Waals surface area contributed by atoms with Crippen LogP contribution in [0.3, 0.4) is 0 Å². The van der Waals surface area contributed by atoms with E-state index in [9.17, 15) is 0 Å². The molecule has 0 N–H and O–H groups in total. The summed E-state index contributed by atoms with van der Waals surface area (Å²) in [6, 6.07) is 3.38. The molecule has 23 heavy (non-hydrogen) atoms. The molecule has 1 aliphatic rings. The van der Waals surface area contributed by atoms with E-state index in [2.05, 4.69) is 41.5 Å². The van der Waals surface area contributed by atoms with Gasteiger partial charge in [-0.1, -0.05) is 60.3 Å². The van der Waals surface area contributed by atoms with Gasteiger partial charge in [-0.2, -0.15) is 0 Å². The summed E-state index contributed by atoms with van der Waals surface area (Å²) in [7, 11) is -1.70. The Morgan fingerprint density at radius 3 is 2.13 bits per heavy atom. The van der Waals surface area contributed by atoms with Gasteiger partial charge in [0.2, 0.25) is 8.32 Å². The Labute approximate surface area is 145 Å². The first-order valence-electron chi connectivity index (χ1n) is 9.92. The highest BCUT2D eigenvalue weighted by atomic mass is 28.4. The van der Waals surface area contributed by atoms with Crippen LogP contribution >= 0.6 is 0 Å². The summed E-state index contributed by atoms with van der Waals surface area (Å²) >= 11 is 0. The Morgan fingerprint density at radius 1 is 1.04 bits per heavy atom. The molecule has 0 radical (unpaired) electrons. The molecule has 3 atom stereocenters. The van der Waals surface area contributed by atoms with Crippen LogP contribution in [-0.2, 0) is 14.2 Å². The summed E-state index contributed by atoms with van der Waals surface area (Å²) in [4.78, 5) is 6.18. The predicted molar refractivity (Wildman–Crippen MR) is 100 cm³/mol. The molecular weight excluding hydrogens is 304 g/mol. The fourth-order valence-corrected chi connectivity index (χ4v) is 5.56. The maximum atomic E-state index is 6.19. The maximum Gasteiger partial charge on any atom is 0.238 e. The van der Waals surface area contributed by atoms with Crippen LogP contribution in [-0.4, -0.2) is 26.6 Å². The zero-order valence-electron chi connectivity index (χ0n) is 16.5. The smallest absolute Gasteiger partial charge is 0.238 e. The third-order valence-electron chi connectivity index (χ3n) is 5.75. The van der Waals surface area contributed by atoms with Gasteiger partial charge < -0.3 is 4.74 Å². The fraction of sp³-hybridized carbons (Fsp3) is 1.00. The molecule has 0 aromatic carbocycles. The van der Waals surface area contributed by atoms with Gasteiger partial charge in [0.1, 0.15) is 5.60 Å².